The SMILES string of the molecule is OC(Cc1ccc(Cl)cc1)c1ccccc1C(F)(F)F. The number of halogens is 4. The molecule has 0 fully saturated rings. The Balaban J connectivity index is 2.25. The molecule has 0 aliphatic heterocycles. The molecule has 2 rings (SSSR count). The Hall–Kier alpha value is -1.52. The third kappa shape index (κ3) is 3.52. The summed E-state index contributed by atoms with van der Waals surface area (Å²) in [5, 5.41) is 10.6. The lowest BCUT2D eigenvalue weighted by molar-refractivity contribution is -0.139. The first-order valence-corrected chi connectivity index (χ1v) is 6.34. The van der Waals surface area contributed by atoms with Crippen molar-refractivity contribution in [2.45, 2.75) is 18.7 Å². The van der Waals surface area contributed by atoms with E-state index < -0.39 is 17.8 Å². The Morgan fingerprint density at radius 3 is 2.20 bits per heavy atom. The average Bonchev–Trinajstić information content (AvgIpc) is 2.40. The summed E-state index contributed by atoms with van der Waals surface area (Å²) in [6, 6.07) is 11.7. The van der Waals surface area contributed by atoms with E-state index in [2.05, 4.69) is 0 Å². The molecule has 0 aliphatic carbocycles. The third-order valence-corrected chi connectivity index (χ3v) is 3.22. The summed E-state index contributed by atoms with van der Waals surface area (Å²) in [6.45, 7) is 0. The normalized spacial score (nSPS) is 13.2. The predicted octanol–water partition coefficient (Wildman–Crippen LogP) is 4.63. The molecular formula is C15H12ClF3O. The molecule has 2 aromatic carbocycles. The van der Waals surface area contributed by atoms with Crippen molar-refractivity contribution in [3.8, 4) is 0 Å². The molecular weight excluding hydrogens is 289 g/mol. The highest BCUT2D eigenvalue weighted by Crippen LogP contribution is 2.35. The van der Waals surface area contributed by atoms with E-state index >= 15 is 0 Å². The van der Waals surface area contributed by atoms with Gasteiger partial charge in [0.15, 0.2) is 0 Å². The van der Waals surface area contributed by atoms with Crippen LogP contribution in [-0.2, 0) is 12.6 Å². The zero-order valence-corrected chi connectivity index (χ0v) is 11.1. The predicted molar refractivity (Wildman–Crippen MR) is 71.6 cm³/mol. The smallest absolute Gasteiger partial charge is 0.388 e. The minimum atomic E-state index is -4.47. The molecule has 1 nitrogen and oxygen atoms in total. The number of aliphatic hydroxyl groups is 1. The molecule has 5 heteroatoms. The highest BCUT2D eigenvalue weighted by Gasteiger charge is 2.34. The van der Waals surface area contributed by atoms with Gasteiger partial charge in [-0.3, -0.25) is 0 Å². The van der Waals surface area contributed by atoms with Gasteiger partial charge in [-0.2, -0.15) is 13.2 Å². The maximum absolute atomic E-state index is 12.9. The van der Waals surface area contributed by atoms with Crippen LogP contribution in [0.2, 0.25) is 5.02 Å². The van der Waals surface area contributed by atoms with Gasteiger partial charge < -0.3 is 5.11 Å². The number of alkyl halides is 3. The first-order valence-electron chi connectivity index (χ1n) is 5.96. The lowest BCUT2D eigenvalue weighted by Crippen LogP contribution is -2.13. The maximum atomic E-state index is 12.9. The van der Waals surface area contributed by atoms with Crippen LogP contribution in [0.4, 0.5) is 13.2 Å². The van der Waals surface area contributed by atoms with Gasteiger partial charge in [0.2, 0.25) is 0 Å². The fraction of sp³-hybridized carbons (Fsp3) is 0.200. The van der Waals surface area contributed by atoms with Gasteiger partial charge in [0.25, 0.3) is 0 Å². The molecule has 0 spiro atoms. The summed E-state index contributed by atoms with van der Waals surface area (Å²) in [5.41, 5.74) is -0.199. The van der Waals surface area contributed by atoms with Crippen molar-refractivity contribution in [3.05, 3.63) is 70.2 Å². The highest BCUT2D eigenvalue weighted by molar-refractivity contribution is 6.30. The fourth-order valence-corrected chi connectivity index (χ4v) is 2.13. The van der Waals surface area contributed by atoms with Crippen LogP contribution in [0.1, 0.15) is 22.8 Å². The Morgan fingerprint density at radius 1 is 1.00 bits per heavy atom. The van der Waals surface area contributed by atoms with Gasteiger partial charge in [-0.15, -0.1) is 0 Å². The largest absolute Gasteiger partial charge is 0.416 e. The monoisotopic (exact) mass is 300 g/mol. The van der Waals surface area contributed by atoms with Crippen molar-refractivity contribution in [2.24, 2.45) is 0 Å². The van der Waals surface area contributed by atoms with Crippen molar-refractivity contribution < 1.29 is 18.3 Å². The molecule has 106 valence electrons. The summed E-state index contributed by atoms with van der Waals surface area (Å²) >= 11 is 5.74. The minimum absolute atomic E-state index is 0.101. The molecule has 1 unspecified atom stereocenters. The van der Waals surface area contributed by atoms with Crippen molar-refractivity contribution in [1.29, 1.82) is 0 Å². The Bertz CT molecular complexity index is 578. The van der Waals surface area contributed by atoms with E-state index in [9.17, 15) is 18.3 Å². The number of benzene rings is 2. The van der Waals surface area contributed by atoms with E-state index in [4.69, 9.17) is 11.6 Å². The molecule has 0 saturated carbocycles. The molecule has 1 atom stereocenters. The van der Waals surface area contributed by atoms with Crippen LogP contribution in [0.5, 0.6) is 0 Å². The summed E-state index contributed by atoms with van der Waals surface area (Å²) in [6.07, 6.45) is -5.59. The lowest BCUT2D eigenvalue weighted by Gasteiger charge is -2.17. The Kier molecular flexibility index (Phi) is 4.35. The highest BCUT2D eigenvalue weighted by atomic mass is 35.5. The molecule has 2 aromatic rings. The Labute approximate surface area is 119 Å². The van der Waals surface area contributed by atoms with Gasteiger partial charge in [0, 0.05) is 11.4 Å². The first-order chi connectivity index (χ1) is 9.38. The molecule has 1 N–H and O–H groups in total. The molecule has 0 amide bonds. The van der Waals surface area contributed by atoms with Gasteiger partial charge in [-0.1, -0.05) is 41.9 Å². The molecule has 20 heavy (non-hydrogen) atoms. The zero-order chi connectivity index (χ0) is 14.8. The zero-order valence-electron chi connectivity index (χ0n) is 10.4. The first kappa shape index (κ1) is 14.9. The van der Waals surface area contributed by atoms with Crippen LogP contribution in [0.15, 0.2) is 48.5 Å². The van der Waals surface area contributed by atoms with Gasteiger partial charge >= 0.3 is 6.18 Å². The van der Waals surface area contributed by atoms with Crippen LogP contribution in [0.3, 0.4) is 0 Å². The fourth-order valence-electron chi connectivity index (χ4n) is 2.00. The maximum Gasteiger partial charge on any atom is 0.416 e. The topological polar surface area (TPSA) is 20.2 Å². The number of rotatable bonds is 3. The molecule has 0 bridgehead atoms. The van der Waals surface area contributed by atoms with Gasteiger partial charge in [0.05, 0.1) is 11.7 Å². The Morgan fingerprint density at radius 2 is 1.60 bits per heavy atom. The van der Waals surface area contributed by atoms with Gasteiger partial charge in [-0.25, -0.2) is 0 Å². The quantitative estimate of drug-likeness (QED) is 0.876. The van der Waals surface area contributed by atoms with Crippen molar-refractivity contribution in [1.82, 2.24) is 0 Å². The van der Waals surface area contributed by atoms with Crippen LogP contribution in [0.25, 0.3) is 0 Å². The lowest BCUT2D eigenvalue weighted by atomic mass is 9.97. The van der Waals surface area contributed by atoms with Gasteiger partial charge in [0.1, 0.15) is 0 Å². The van der Waals surface area contributed by atoms with E-state index in [-0.39, 0.29) is 12.0 Å². The molecule has 0 radical (unpaired) electrons. The van der Waals surface area contributed by atoms with Crippen molar-refractivity contribution in [3.63, 3.8) is 0 Å². The van der Waals surface area contributed by atoms with Crippen LogP contribution >= 0.6 is 11.6 Å². The molecule has 0 saturated heterocycles. The summed E-state index contributed by atoms with van der Waals surface area (Å²) in [7, 11) is 0. The standard InChI is InChI=1S/C15H12ClF3O/c16-11-7-5-10(6-8-11)9-14(20)12-3-1-2-4-13(12)15(17,18)19/h1-8,14,20H,9H2. The molecule has 0 heterocycles. The van der Waals surface area contributed by atoms with Crippen molar-refractivity contribution >= 4 is 11.6 Å². The summed E-state index contributed by atoms with van der Waals surface area (Å²) < 4.78 is 38.6. The van der Waals surface area contributed by atoms with E-state index in [1.54, 1.807) is 24.3 Å². The number of hydrogen-bond acceptors (Lipinski definition) is 1. The van der Waals surface area contributed by atoms with Gasteiger partial charge in [-0.05, 0) is 29.3 Å². The molecule has 0 aliphatic rings. The van der Waals surface area contributed by atoms with Crippen LogP contribution in [0, 0.1) is 0 Å². The van der Waals surface area contributed by atoms with E-state index in [0.717, 1.165) is 11.6 Å². The molecule has 0 aromatic heterocycles. The van der Waals surface area contributed by atoms with E-state index in [0.29, 0.717) is 5.02 Å². The van der Waals surface area contributed by atoms with Crippen LogP contribution in [-0.4, -0.2) is 5.11 Å². The van der Waals surface area contributed by atoms with Crippen molar-refractivity contribution in [2.75, 3.05) is 0 Å². The van der Waals surface area contributed by atoms with E-state index in [1.165, 1.54) is 18.2 Å². The average molecular weight is 301 g/mol. The minimum Gasteiger partial charge on any atom is -0.388 e. The number of aliphatic hydroxyl groups excluding tert-OH is 1. The van der Waals surface area contributed by atoms with Crippen LogP contribution < -0.4 is 0 Å². The summed E-state index contributed by atoms with van der Waals surface area (Å²) in [5.74, 6) is 0. The summed E-state index contributed by atoms with van der Waals surface area (Å²) in [4.78, 5) is 0. The second-order valence-corrected chi connectivity index (χ2v) is 4.87. The second-order valence-electron chi connectivity index (χ2n) is 4.43. The third-order valence-electron chi connectivity index (χ3n) is 2.97. The van der Waals surface area contributed by atoms with E-state index in [1.807, 2.05) is 0 Å². The number of hydrogen-bond donors (Lipinski definition) is 1. The second kappa shape index (κ2) is 5.85.